The largest absolute Gasteiger partial charge is 0.366 e. The van der Waals surface area contributed by atoms with Gasteiger partial charge in [0.1, 0.15) is 5.92 Å². The van der Waals surface area contributed by atoms with E-state index in [-0.39, 0.29) is 11.5 Å². The zero-order valence-electron chi connectivity index (χ0n) is 10.3. The fraction of sp³-hybridized carbons (Fsp3) is 0.308. The standard InChI is InChI=1S/C13H15N3O2/c1-8(2)10(7-14)13(18)16-11-6-4-3-5-9(11)12(15)17/h3-6,8,10H,1-2H3,(H2,15,17)(H,16,18). The lowest BCUT2D eigenvalue weighted by Crippen LogP contribution is -2.27. The average Bonchev–Trinajstić information content (AvgIpc) is 2.29. The number of rotatable bonds is 4. The highest BCUT2D eigenvalue weighted by Gasteiger charge is 2.22. The molecule has 0 radical (unpaired) electrons. The monoisotopic (exact) mass is 245 g/mol. The molecule has 1 atom stereocenters. The summed E-state index contributed by atoms with van der Waals surface area (Å²) in [6.45, 7) is 3.57. The van der Waals surface area contributed by atoms with Gasteiger partial charge >= 0.3 is 0 Å². The first-order chi connectivity index (χ1) is 8.47. The highest BCUT2D eigenvalue weighted by atomic mass is 16.2. The van der Waals surface area contributed by atoms with Crippen LogP contribution in [0.5, 0.6) is 0 Å². The van der Waals surface area contributed by atoms with E-state index in [0.29, 0.717) is 5.69 Å². The Hall–Kier alpha value is -2.35. The minimum absolute atomic E-state index is 0.101. The Morgan fingerprint density at radius 3 is 2.44 bits per heavy atom. The maximum absolute atomic E-state index is 11.9. The summed E-state index contributed by atoms with van der Waals surface area (Å²) in [5, 5.41) is 11.5. The number of hydrogen-bond acceptors (Lipinski definition) is 3. The van der Waals surface area contributed by atoms with Crippen molar-refractivity contribution >= 4 is 17.5 Å². The zero-order valence-corrected chi connectivity index (χ0v) is 10.3. The van der Waals surface area contributed by atoms with Crippen LogP contribution in [0.15, 0.2) is 24.3 Å². The van der Waals surface area contributed by atoms with Crippen molar-refractivity contribution < 1.29 is 9.59 Å². The first-order valence-corrected chi connectivity index (χ1v) is 5.56. The van der Waals surface area contributed by atoms with Gasteiger partial charge in [0.05, 0.1) is 17.3 Å². The molecule has 0 spiro atoms. The number of carbonyl (C=O) groups excluding carboxylic acids is 2. The second-order valence-corrected chi connectivity index (χ2v) is 4.25. The van der Waals surface area contributed by atoms with Crippen LogP contribution >= 0.6 is 0 Å². The van der Waals surface area contributed by atoms with Crippen molar-refractivity contribution in [3.05, 3.63) is 29.8 Å². The number of anilines is 1. The summed E-state index contributed by atoms with van der Waals surface area (Å²) in [7, 11) is 0. The number of hydrogen-bond donors (Lipinski definition) is 2. The fourth-order valence-electron chi connectivity index (χ4n) is 1.53. The molecule has 1 aromatic rings. The van der Waals surface area contributed by atoms with Crippen LogP contribution in [0.4, 0.5) is 5.69 Å². The van der Waals surface area contributed by atoms with Crippen molar-refractivity contribution in [2.45, 2.75) is 13.8 Å². The molecule has 2 amide bonds. The van der Waals surface area contributed by atoms with Crippen LogP contribution in [-0.4, -0.2) is 11.8 Å². The van der Waals surface area contributed by atoms with E-state index in [0.717, 1.165) is 0 Å². The topological polar surface area (TPSA) is 96.0 Å². The fourth-order valence-corrected chi connectivity index (χ4v) is 1.53. The SMILES string of the molecule is CC(C)C(C#N)C(=O)Nc1ccccc1C(N)=O. The highest BCUT2D eigenvalue weighted by molar-refractivity contribution is 6.03. The molecule has 1 rings (SSSR count). The maximum atomic E-state index is 11.9. The molecule has 0 aliphatic carbocycles. The number of benzene rings is 1. The summed E-state index contributed by atoms with van der Waals surface area (Å²) in [5.74, 6) is -1.91. The third kappa shape index (κ3) is 3.08. The lowest BCUT2D eigenvalue weighted by molar-refractivity contribution is -0.119. The minimum atomic E-state index is -0.758. The average molecular weight is 245 g/mol. The van der Waals surface area contributed by atoms with Crippen molar-refractivity contribution in [3.63, 3.8) is 0 Å². The summed E-state index contributed by atoms with van der Waals surface area (Å²) in [6, 6.07) is 8.37. The van der Waals surface area contributed by atoms with E-state index in [1.807, 2.05) is 6.07 Å². The lowest BCUT2D eigenvalue weighted by atomic mass is 9.96. The van der Waals surface area contributed by atoms with Gasteiger partial charge in [-0.25, -0.2) is 0 Å². The molecule has 3 N–H and O–H groups in total. The van der Waals surface area contributed by atoms with Gasteiger partial charge in [0, 0.05) is 0 Å². The first-order valence-electron chi connectivity index (χ1n) is 5.56. The van der Waals surface area contributed by atoms with Gasteiger partial charge in [-0.05, 0) is 18.1 Å². The van der Waals surface area contributed by atoms with E-state index in [4.69, 9.17) is 11.0 Å². The van der Waals surface area contributed by atoms with Gasteiger partial charge in [0.2, 0.25) is 5.91 Å². The van der Waals surface area contributed by atoms with Crippen LogP contribution < -0.4 is 11.1 Å². The molecule has 1 aromatic carbocycles. The molecule has 0 aliphatic heterocycles. The molecule has 0 aromatic heterocycles. The molecule has 5 nitrogen and oxygen atoms in total. The Balaban J connectivity index is 2.95. The molecular formula is C13H15N3O2. The van der Waals surface area contributed by atoms with Crippen molar-refractivity contribution in [2.24, 2.45) is 17.6 Å². The molecule has 1 unspecified atom stereocenters. The van der Waals surface area contributed by atoms with Crippen molar-refractivity contribution in [1.82, 2.24) is 0 Å². The number of nitriles is 1. The Labute approximate surface area is 106 Å². The van der Waals surface area contributed by atoms with Gasteiger partial charge in [0.15, 0.2) is 0 Å². The third-order valence-electron chi connectivity index (χ3n) is 2.54. The number of nitrogens with two attached hydrogens (primary N) is 1. The molecule has 0 heterocycles. The highest BCUT2D eigenvalue weighted by Crippen LogP contribution is 2.17. The normalized spacial score (nSPS) is 11.7. The van der Waals surface area contributed by atoms with Gasteiger partial charge in [-0.2, -0.15) is 5.26 Å². The first kappa shape index (κ1) is 13.7. The van der Waals surface area contributed by atoms with Gasteiger partial charge < -0.3 is 11.1 Å². The van der Waals surface area contributed by atoms with E-state index in [1.54, 1.807) is 32.0 Å². The second-order valence-electron chi connectivity index (χ2n) is 4.25. The van der Waals surface area contributed by atoms with Crippen LogP contribution in [0.25, 0.3) is 0 Å². The number of nitrogens with zero attached hydrogens (tertiary/aromatic N) is 1. The lowest BCUT2D eigenvalue weighted by Gasteiger charge is -2.14. The van der Waals surface area contributed by atoms with Crippen molar-refractivity contribution in [2.75, 3.05) is 5.32 Å². The Bertz CT molecular complexity index is 503. The molecule has 94 valence electrons. The Morgan fingerprint density at radius 1 is 1.33 bits per heavy atom. The molecule has 5 heteroatoms. The maximum Gasteiger partial charge on any atom is 0.250 e. The molecule has 0 saturated carbocycles. The van der Waals surface area contributed by atoms with E-state index in [1.165, 1.54) is 6.07 Å². The van der Waals surface area contributed by atoms with Gasteiger partial charge in [-0.3, -0.25) is 9.59 Å². The molecule has 0 aliphatic rings. The van der Waals surface area contributed by atoms with E-state index < -0.39 is 17.7 Å². The van der Waals surface area contributed by atoms with Crippen LogP contribution in [0.1, 0.15) is 24.2 Å². The number of carbonyl (C=O) groups is 2. The summed E-state index contributed by atoms with van der Waals surface area (Å²) in [4.78, 5) is 23.1. The van der Waals surface area contributed by atoms with Crippen LogP contribution in [0.3, 0.4) is 0 Å². The van der Waals surface area contributed by atoms with Gasteiger partial charge in [-0.15, -0.1) is 0 Å². The van der Waals surface area contributed by atoms with Crippen LogP contribution in [0, 0.1) is 23.2 Å². The van der Waals surface area contributed by atoms with Crippen molar-refractivity contribution in [1.29, 1.82) is 5.26 Å². The molecule has 0 bridgehead atoms. The number of primary amides is 1. The number of para-hydroxylation sites is 1. The van der Waals surface area contributed by atoms with Crippen molar-refractivity contribution in [3.8, 4) is 6.07 Å². The molecule has 0 saturated heterocycles. The van der Waals surface area contributed by atoms with E-state index in [2.05, 4.69) is 5.32 Å². The van der Waals surface area contributed by atoms with Gasteiger partial charge in [0.25, 0.3) is 5.91 Å². The summed E-state index contributed by atoms with van der Waals surface area (Å²) < 4.78 is 0. The third-order valence-corrected chi connectivity index (χ3v) is 2.54. The Kier molecular flexibility index (Phi) is 4.44. The zero-order chi connectivity index (χ0) is 13.7. The Morgan fingerprint density at radius 2 is 1.94 bits per heavy atom. The van der Waals surface area contributed by atoms with Crippen LogP contribution in [-0.2, 0) is 4.79 Å². The second kappa shape index (κ2) is 5.82. The minimum Gasteiger partial charge on any atom is -0.366 e. The smallest absolute Gasteiger partial charge is 0.250 e. The molecular weight excluding hydrogens is 230 g/mol. The van der Waals surface area contributed by atoms with E-state index >= 15 is 0 Å². The summed E-state index contributed by atoms with van der Waals surface area (Å²) in [5.41, 5.74) is 5.76. The van der Waals surface area contributed by atoms with E-state index in [9.17, 15) is 9.59 Å². The number of amides is 2. The summed E-state index contributed by atoms with van der Waals surface area (Å²) in [6.07, 6.45) is 0. The molecule has 18 heavy (non-hydrogen) atoms. The van der Waals surface area contributed by atoms with Crippen LogP contribution in [0.2, 0.25) is 0 Å². The summed E-state index contributed by atoms with van der Waals surface area (Å²) >= 11 is 0. The quantitative estimate of drug-likeness (QED) is 0.841. The van der Waals surface area contributed by atoms with Gasteiger partial charge in [-0.1, -0.05) is 26.0 Å². The predicted octanol–water partition coefficient (Wildman–Crippen LogP) is 1.52. The number of nitrogens with one attached hydrogen (secondary N) is 1. The molecule has 0 fully saturated rings. The predicted molar refractivity (Wildman–Crippen MR) is 67.5 cm³/mol.